The monoisotopic (exact) mass is 303 g/mol. The molecule has 4 rings (SSSR count). The smallest absolute Gasteiger partial charge is 0.141 e. The molecule has 0 saturated carbocycles. The zero-order valence-corrected chi connectivity index (χ0v) is 13.1. The molecule has 0 bridgehead atoms. The topological polar surface area (TPSA) is 46.3 Å². The van der Waals surface area contributed by atoms with Crippen molar-refractivity contribution in [3.05, 3.63) is 82.8 Å². The predicted molar refractivity (Wildman–Crippen MR) is 89.9 cm³/mol. The Kier molecular flexibility index (Phi) is 3.00. The minimum absolute atomic E-state index is 0.789. The van der Waals surface area contributed by atoms with Crippen LogP contribution >= 0.6 is 0 Å². The summed E-state index contributed by atoms with van der Waals surface area (Å²) in [6.45, 7) is 3.84. The standard InChI is InChI=1S/C20H17NO2/c1-13-19(14(2)23-21-13)16-9-8-15-10-11-20(22,18(15)12-16)17-6-4-3-5-7-17/h3-12,22H,1-2H3/t20-/m1/s1. The number of rotatable bonds is 2. The lowest BCUT2D eigenvalue weighted by molar-refractivity contribution is 0.138. The first-order valence-corrected chi connectivity index (χ1v) is 7.64. The van der Waals surface area contributed by atoms with Crippen molar-refractivity contribution in [2.45, 2.75) is 19.4 Å². The Hall–Kier alpha value is -2.65. The van der Waals surface area contributed by atoms with Gasteiger partial charge in [0.25, 0.3) is 0 Å². The molecule has 1 aliphatic carbocycles. The number of aliphatic hydroxyl groups is 1. The van der Waals surface area contributed by atoms with Crippen LogP contribution in [0.15, 0.2) is 59.1 Å². The lowest BCUT2D eigenvalue weighted by Gasteiger charge is -2.24. The molecule has 0 spiro atoms. The number of hydrogen-bond donors (Lipinski definition) is 1. The minimum atomic E-state index is -1.09. The van der Waals surface area contributed by atoms with Gasteiger partial charge < -0.3 is 9.63 Å². The summed E-state index contributed by atoms with van der Waals surface area (Å²) in [5, 5.41) is 15.3. The van der Waals surface area contributed by atoms with Crippen LogP contribution in [0.2, 0.25) is 0 Å². The highest BCUT2D eigenvalue weighted by atomic mass is 16.5. The van der Waals surface area contributed by atoms with Gasteiger partial charge in [-0.05, 0) is 48.2 Å². The Bertz CT molecular complexity index is 889. The van der Waals surface area contributed by atoms with Gasteiger partial charge in [-0.3, -0.25) is 0 Å². The molecule has 0 amide bonds. The van der Waals surface area contributed by atoms with Crippen LogP contribution in [0.4, 0.5) is 0 Å². The molecule has 3 heteroatoms. The molecule has 114 valence electrons. The fourth-order valence-corrected chi connectivity index (χ4v) is 3.33. The summed E-state index contributed by atoms with van der Waals surface area (Å²) in [4.78, 5) is 0. The first-order valence-electron chi connectivity index (χ1n) is 7.64. The molecular formula is C20H17NO2. The molecule has 1 heterocycles. The predicted octanol–water partition coefficient (Wildman–Crippen LogP) is 4.22. The van der Waals surface area contributed by atoms with Crippen LogP contribution in [0.3, 0.4) is 0 Å². The number of hydrogen-bond acceptors (Lipinski definition) is 3. The molecule has 0 radical (unpaired) electrons. The lowest BCUT2D eigenvalue weighted by Crippen LogP contribution is -2.22. The fraction of sp³-hybridized carbons (Fsp3) is 0.150. The second kappa shape index (κ2) is 4.93. The average Bonchev–Trinajstić information content (AvgIpc) is 3.09. The molecule has 0 aliphatic heterocycles. The van der Waals surface area contributed by atoms with E-state index in [1.807, 2.05) is 74.5 Å². The van der Waals surface area contributed by atoms with E-state index in [1.165, 1.54) is 0 Å². The van der Waals surface area contributed by atoms with E-state index in [0.29, 0.717) is 0 Å². The Labute approximate surface area is 134 Å². The van der Waals surface area contributed by atoms with Crippen molar-refractivity contribution in [2.24, 2.45) is 0 Å². The Morgan fingerprint density at radius 1 is 1.04 bits per heavy atom. The van der Waals surface area contributed by atoms with Crippen LogP contribution in [0.5, 0.6) is 0 Å². The molecule has 1 N–H and O–H groups in total. The highest BCUT2D eigenvalue weighted by Gasteiger charge is 2.34. The quantitative estimate of drug-likeness (QED) is 0.771. The summed E-state index contributed by atoms with van der Waals surface area (Å²) >= 11 is 0. The van der Waals surface area contributed by atoms with E-state index in [2.05, 4.69) is 5.16 Å². The summed E-state index contributed by atoms with van der Waals surface area (Å²) in [6.07, 6.45) is 3.82. The van der Waals surface area contributed by atoms with Crippen molar-refractivity contribution < 1.29 is 9.63 Å². The maximum absolute atomic E-state index is 11.2. The number of benzene rings is 2. The highest BCUT2D eigenvalue weighted by Crippen LogP contribution is 2.41. The highest BCUT2D eigenvalue weighted by molar-refractivity contribution is 5.75. The molecule has 1 aromatic heterocycles. The van der Waals surface area contributed by atoms with E-state index in [1.54, 1.807) is 0 Å². The maximum Gasteiger partial charge on any atom is 0.141 e. The third-order valence-electron chi connectivity index (χ3n) is 4.50. The third kappa shape index (κ3) is 2.05. The van der Waals surface area contributed by atoms with Gasteiger partial charge in [-0.2, -0.15) is 0 Å². The zero-order chi connectivity index (χ0) is 16.0. The van der Waals surface area contributed by atoms with E-state index in [-0.39, 0.29) is 0 Å². The Morgan fingerprint density at radius 2 is 1.83 bits per heavy atom. The first kappa shape index (κ1) is 14.0. The second-order valence-corrected chi connectivity index (χ2v) is 5.97. The van der Waals surface area contributed by atoms with Gasteiger partial charge in [0.1, 0.15) is 11.4 Å². The van der Waals surface area contributed by atoms with Gasteiger partial charge in [0.2, 0.25) is 0 Å². The molecule has 3 aromatic rings. The molecule has 2 aromatic carbocycles. The average molecular weight is 303 g/mol. The second-order valence-electron chi connectivity index (χ2n) is 5.97. The number of nitrogens with zero attached hydrogens (tertiary/aromatic N) is 1. The van der Waals surface area contributed by atoms with Crippen LogP contribution in [-0.2, 0) is 5.60 Å². The molecule has 3 nitrogen and oxygen atoms in total. The number of aryl methyl sites for hydroxylation is 2. The van der Waals surface area contributed by atoms with E-state index in [0.717, 1.165) is 39.3 Å². The van der Waals surface area contributed by atoms with Crippen LogP contribution < -0.4 is 0 Å². The van der Waals surface area contributed by atoms with E-state index in [9.17, 15) is 5.11 Å². The Morgan fingerprint density at radius 3 is 2.52 bits per heavy atom. The van der Waals surface area contributed by atoms with Crippen LogP contribution in [0.25, 0.3) is 17.2 Å². The van der Waals surface area contributed by atoms with Crippen LogP contribution in [0, 0.1) is 13.8 Å². The third-order valence-corrected chi connectivity index (χ3v) is 4.50. The van der Waals surface area contributed by atoms with Gasteiger partial charge in [0, 0.05) is 5.56 Å². The normalized spacial score (nSPS) is 19.1. The van der Waals surface area contributed by atoms with Crippen LogP contribution in [-0.4, -0.2) is 10.3 Å². The summed E-state index contributed by atoms with van der Waals surface area (Å²) in [5.41, 5.74) is 4.56. The molecule has 1 aliphatic rings. The largest absolute Gasteiger partial charge is 0.377 e. The molecule has 0 fully saturated rings. The van der Waals surface area contributed by atoms with Gasteiger partial charge in [0.15, 0.2) is 0 Å². The zero-order valence-electron chi connectivity index (χ0n) is 13.1. The number of aromatic nitrogens is 1. The Balaban J connectivity index is 1.89. The summed E-state index contributed by atoms with van der Waals surface area (Å²) in [5.74, 6) is 0.789. The molecule has 0 saturated heterocycles. The molecular weight excluding hydrogens is 286 g/mol. The SMILES string of the molecule is Cc1noc(C)c1-c1ccc2c(c1)[C@](O)(c1ccccc1)C=C2. The van der Waals surface area contributed by atoms with E-state index < -0.39 is 5.60 Å². The van der Waals surface area contributed by atoms with Gasteiger partial charge in [0.05, 0.1) is 5.69 Å². The van der Waals surface area contributed by atoms with Gasteiger partial charge in [-0.1, -0.05) is 53.7 Å². The van der Waals surface area contributed by atoms with Gasteiger partial charge in [-0.15, -0.1) is 0 Å². The van der Waals surface area contributed by atoms with Gasteiger partial charge >= 0.3 is 0 Å². The fourth-order valence-electron chi connectivity index (χ4n) is 3.33. The molecule has 0 unspecified atom stereocenters. The summed E-state index contributed by atoms with van der Waals surface area (Å²) in [7, 11) is 0. The molecule has 1 atom stereocenters. The van der Waals surface area contributed by atoms with Crippen molar-refractivity contribution in [3.8, 4) is 11.1 Å². The van der Waals surface area contributed by atoms with Crippen molar-refractivity contribution >= 4 is 6.08 Å². The number of fused-ring (bicyclic) bond motifs is 1. The summed E-state index contributed by atoms with van der Waals surface area (Å²) in [6, 6.07) is 15.8. The maximum atomic E-state index is 11.2. The first-order chi connectivity index (χ1) is 11.1. The lowest BCUT2D eigenvalue weighted by atomic mass is 9.86. The van der Waals surface area contributed by atoms with Crippen molar-refractivity contribution in [1.29, 1.82) is 0 Å². The van der Waals surface area contributed by atoms with Crippen LogP contribution in [0.1, 0.15) is 28.1 Å². The van der Waals surface area contributed by atoms with Gasteiger partial charge in [-0.25, -0.2) is 0 Å². The minimum Gasteiger partial charge on any atom is -0.377 e. The van der Waals surface area contributed by atoms with Crippen molar-refractivity contribution in [3.63, 3.8) is 0 Å². The van der Waals surface area contributed by atoms with Crippen molar-refractivity contribution in [1.82, 2.24) is 5.16 Å². The van der Waals surface area contributed by atoms with E-state index in [4.69, 9.17) is 4.52 Å². The van der Waals surface area contributed by atoms with Crippen molar-refractivity contribution in [2.75, 3.05) is 0 Å². The molecule has 23 heavy (non-hydrogen) atoms. The summed E-state index contributed by atoms with van der Waals surface area (Å²) < 4.78 is 5.28. The van der Waals surface area contributed by atoms with E-state index >= 15 is 0 Å².